The van der Waals surface area contributed by atoms with Gasteiger partial charge in [0.15, 0.2) is 11.5 Å². The van der Waals surface area contributed by atoms with Crippen LogP contribution in [-0.2, 0) is 12.7 Å². The van der Waals surface area contributed by atoms with Crippen molar-refractivity contribution in [1.29, 1.82) is 0 Å². The van der Waals surface area contributed by atoms with E-state index >= 15 is 0 Å². The van der Waals surface area contributed by atoms with E-state index in [-0.39, 0.29) is 22.6 Å². The molecule has 0 aliphatic heterocycles. The summed E-state index contributed by atoms with van der Waals surface area (Å²) in [5.74, 6) is -1.00. The van der Waals surface area contributed by atoms with Gasteiger partial charge in [-0.25, -0.2) is 9.59 Å². The number of halogens is 3. The number of aromatic carboxylic acids is 1. The Hall–Kier alpha value is -4.02. The fraction of sp³-hybridized carbons (Fsp3) is 0.227. The molecule has 0 atom stereocenters. The standard InChI is InChI=1S/C22H19F3N2O6/c1-12-13(5-4-6-16(12)22(23,24)25)10-27-19(28)15(20(29)30)11-26(21(27)31)14-7-8-17(32-2)18(9-14)33-3/h4-9,11H,10H2,1-3H3,(H,29,30). The second-order valence-electron chi connectivity index (χ2n) is 7.02. The molecule has 0 unspecified atom stereocenters. The predicted molar refractivity (Wildman–Crippen MR) is 112 cm³/mol. The van der Waals surface area contributed by atoms with Gasteiger partial charge in [-0.1, -0.05) is 12.1 Å². The van der Waals surface area contributed by atoms with Gasteiger partial charge < -0.3 is 14.6 Å². The van der Waals surface area contributed by atoms with E-state index < -0.39 is 41.1 Å². The Bertz CT molecular complexity index is 1340. The van der Waals surface area contributed by atoms with Crippen LogP contribution in [0.25, 0.3) is 5.69 Å². The van der Waals surface area contributed by atoms with Crippen LogP contribution >= 0.6 is 0 Å². The first-order valence-corrected chi connectivity index (χ1v) is 9.47. The highest BCUT2D eigenvalue weighted by molar-refractivity contribution is 5.86. The maximum atomic E-state index is 13.3. The zero-order chi connectivity index (χ0) is 24.5. The number of rotatable bonds is 6. The van der Waals surface area contributed by atoms with Gasteiger partial charge in [0.1, 0.15) is 5.56 Å². The Morgan fingerprint density at radius 1 is 1.06 bits per heavy atom. The predicted octanol–water partition coefficient (Wildman–Crippen LogP) is 3.09. The highest BCUT2D eigenvalue weighted by Gasteiger charge is 2.33. The molecule has 11 heteroatoms. The second-order valence-corrected chi connectivity index (χ2v) is 7.02. The molecule has 0 radical (unpaired) electrons. The molecule has 8 nitrogen and oxygen atoms in total. The summed E-state index contributed by atoms with van der Waals surface area (Å²) >= 11 is 0. The first kappa shape index (κ1) is 23.6. The number of hydrogen-bond acceptors (Lipinski definition) is 5. The fourth-order valence-electron chi connectivity index (χ4n) is 3.38. The quantitative estimate of drug-likeness (QED) is 0.602. The number of methoxy groups -OCH3 is 2. The van der Waals surface area contributed by atoms with Crippen molar-refractivity contribution in [3.8, 4) is 17.2 Å². The molecular weight excluding hydrogens is 445 g/mol. The zero-order valence-corrected chi connectivity index (χ0v) is 17.8. The number of benzene rings is 2. The lowest BCUT2D eigenvalue weighted by Crippen LogP contribution is -2.42. The van der Waals surface area contributed by atoms with E-state index in [0.29, 0.717) is 10.3 Å². The molecule has 0 bridgehead atoms. The van der Waals surface area contributed by atoms with Crippen LogP contribution in [0.15, 0.2) is 52.2 Å². The second kappa shape index (κ2) is 8.85. The molecule has 0 fully saturated rings. The minimum atomic E-state index is -4.63. The summed E-state index contributed by atoms with van der Waals surface area (Å²) < 4.78 is 51.7. The number of hydrogen-bond donors (Lipinski definition) is 1. The molecule has 33 heavy (non-hydrogen) atoms. The van der Waals surface area contributed by atoms with Crippen LogP contribution < -0.4 is 20.7 Å². The van der Waals surface area contributed by atoms with Gasteiger partial charge in [0, 0.05) is 12.3 Å². The monoisotopic (exact) mass is 464 g/mol. The minimum absolute atomic E-state index is 0.0467. The summed E-state index contributed by atoms with van der Waals surface area (Å²) in [6, 6.07) is 7.70. The van der Waals surface area contributed by atoms with E-state index in [2.05, 4.69) is 0 Å². The number of carbonyl (C=O) groups is 1. The van der Waals surface area contributed by atoms with Gasteiger partial charge in [0.2, 0.25) is 0 Å². The largest absolute Gasteiger partial charge is 0.493 e. The summed E-state index contributed by atoms with van der Waals surface area (Å²) in [5, 5.41) is 9.48. The van der Waals surface area contributed by atoms with E-state index in [1.54, 1.807) is 0 Å². The van der Waals surface area contributed by atoms with Crippen molar-refractivity contribution in [2.45, 2.75) is 19.6 Å². The van der Waals surface area contributed by atoms with Crippen LogP contribution in [0.3, 0.4) is 0 Å². The first-order valence-electron chi connectivity index (χ1n) is 9.47. The third kappa shape index (κ3) is 4.47. The summed E-state index contributed by atoms with van der Waals surface area (Å²) in [5.41, 5.74) is -3.68. The number of aromatic nitrogens is 2. The molecule has 174 valence electrons. The molecule has 3 aromatic rings. The molecule has 0 amide bonds. The lowest BCUT2D eigenvalue weighted by molar-refractivity contribution is -0.138. The Morgan fingerprint density at radius 3 is 2.30 bits per heavy atom. The maximum Gasteiger partial charge on any atom is 0.416 e. The van der Waals surface area contributed by atoms with Crippen LogP contribution in [0.4, 0.5) is 13.2 Å². The Labute approximate surface area is 185 Å². The van der Waals surface area contributed by atoms with Crippen molar-refractivity contribution in [3.05, 3.63) is 85.7 Å². The lowest BCUT2D eigenvalue weighted by atomic mass is 10.0. The van der Waals surface area contributed by atoms with Crippen LogP contribution in [0.1, 0.15) is 27.0 Å². The van der Waals surface area contributed by atoms with Crippen LogP contribution in [0, 0.1) is 6.92 Å². The van der Waals surface area contributed by atoms with E-state index in [4.69, 9.17) is 9.47 Å². The molecule has 2 aromatic carbocycles. The summed E-state index contributed by atoms with van der Waals surface area (Å²) in [6.07, 6.45) is -3.77. The number of carboxylic acid groups (broad SMARTS) is 1. The zero-order valence-electron chi connectivity index (χ0n) is 17.8. The van der Waals surface area contributed by atoms with Gasteiger partial charge in [-0.3, -0.25) is 13.9 Å². The Kier molecular flexibility index (Phi) is 6.34. The molecule has 1 N–H and O–H groups in total. The lowest BCUT2D eigenvalue weighted by Gasteiger charge is -2.16. The van der Waals surface area contributed by atoms with Gasteiger partial charge in [-0.15, -0.1) is 0 Å². The summed E-state index contributed by atoms with van der Waals surface area (Å²) in [7, 11) is 2.77. The van der Waals surface area contributed by atoms with Gasteiger partial charge in [0.25, 0.3) is 5.56 Å². The molecule has 0 aliphatic carbocycles. The van der Waals surface area contributed by atoms with Crippen molar-refractivity contribution < 1.29 is 32.5 Å². The minimum Gasteiger partial charge on any atom is -0.493 e. The average Bonchev–Trinajstić information content (AvgIpc) is 2.76. The van der Waals surface area contributed by atoms with Crippen molar-refractivity contribution in [2.75, 3.05) is 14.2 Å². The maximum absolute atomic E-state index is 13.3. The van der Waals surface area contributed by atoms with Gasteiger partial charge >= 0.3 is 17.8 Å². The summed E-state index contributed by atoms with van der Waals surface area (Å²) in [6.45, 7) is 0.666. The molecule has 0 saturated carbocycles. The van der Waals surface area contributed by atoms with Gasteiger partial charge in [-0.2, -0.15) is 13.2 Å². The molecule has 3 rings (SSSR count). The van der Waals surface area contributed by atoms with Crippen molar-refractivity contribution in [3.63, 3.8) is 0 Å². The van der Waals surface area contributed by atoms with Gasteiger partial charge in [-0.05, 0) is 36.2 Å². The number of carboxylic acids is 1. The SMILES string of the molecule is COc1ccc(-n2cc(C(=O)O)c(=O)n(Cc3cccc(C(F)(F)F)c3C)c2=O)cc1OC. The van der Waals surface area contributed by atoms with E-state index in [0.717, 1.165) is 22.9 Å². The fourth-order valence-corrected chi connectivity index (χ4v) is 3.38. The third-order valence-corrected chi connectivity index (χ3v) is 5.13. The Balaban J connectivity index is 2.25. The highest BCUT2D eigenvalue weighted by atomic mass is 19.4. The van der Waals surface area contributed by atoms with Crippen molar-refractivity contribution in [1.82, 2.24) is 9.13 Å². The molecular formula is C22H19F3N2O6. The van der Waals surface area contributed by atoms with Gasteiger partial charge in [0.05, 0.1) is 32.0 Å². The normalized spacial score (nSPS) is 11.3. The average molecular weight is 464 g/mol. The number of alkyl halides is 3. The van der Waals surface area contributed by atoms with E-state index in [1.807, 2.05) is 0 Å². The van der Waals surface area contributed by atoms with Crippen molar-refractivity contribution >= 4 is 5.97 Å². The topological polar surface area (TPSA) is 99.8 Å². The first-order chi connectivity index (χ1) is 15.5. The molecule has 0 spiro atoms. The number of nitrogens with zero attached hydrogens (tertiary/aromatic N) is 2. The molecule has 1 aromatic heterocycles. The van der Waals surface area contributed by atoms with Crippen LogP contribution in [0.5, 0.6) is 11.5 Å². The highest BCUT2D eigenvalue weighted by Crippen LogP contribution is 2.33. The van der Waals surface area contributed by atoms with Crippen molar-refractivity contribution in [2.24, 2.45) is 0 Å². The molecule has 0 aliphatic rings. The van der Waals surface area contributed by atoms with E-state index in [1.165, 1.54) is 45.4 Å². The molecule has 1 heterocycles. The molecule has 0 saturated heterocycles. The Morgan fingerprint density at radius 2 is 1.73 bits per heavy atom. The third-order valence-electron chi connectivity index (χ3n) is 5.13. The van der Waals surface area contributed by atoms with Crippen LogP contribution in [-0.4, -0.2) is 34.4 Å². The van der Waals surface area contributed by atoms with E-state index in [9.17, 15) is 32.7 Å². The summed E-state index contributed by atoms with van der Waals surface area (Å²) in [4.78, 5) is 37.6. The van der Waals surface area contributed by atoms with Crippen LogP contribution in [0.2, 0.25) is 0 Å². The smallest absolute Gasteiger partial charge is 0.416 e. The number of ether oxygens (including phenoxy) is 2.